The molecule has 32 heavy (non-hydrogen) atoms. The van der Waals surface area contributed by atoms with Crippen LogP contribution in [0, 0.1) is 27.7 Å². The normalized spacial score (nSPS) is 9.28. The highest BCUT2D eigenvalue weighted by Crippen LogP contribution is 2.26. The van der Waals surface area contributed by atoms with Crippen molar-refractivity contribution in [3.05, 3.63) is 89.1 Å². The molecule has 0 amide bonds. The highest BCUT2D eigenvalue weighted by Gasteiger charge is 2.07. The first-order chi connectivity index (χ1) is 14.9. The molecule has 1 rings (SSSR count). The molecule has 0 heterocycles. The molecule has 0 atom stereocenters. The second-order valence-corrected chi connectivity index (χ2v) is 7.96. The molecule has 0 N–H and O–H groups in total. The maximum atomic E-state index is 4.02. The number of benzene rings is 1. The zero-order valence-corrected chi connectivity index (χ0v) is 24.1. The number of hydrogen-bond acceptors (Lipinski definition) is 0. The lowest BCUT2D eigenvalue weighted by Crippen LogP contribution is -1.96. The van der Waals surface area contributed by atoms with E-state index in [-0.39, 0.29) is 0 Å². The van der Waals surface area contributed by atoms with Gasteiger partial charge in [-0.2, -0.15) is 0 Å². The Morgan fingerprint density at radius 1 is 0.781 bits per heavy atom. The number of unbranched alkanes of at least 4 members (excludes halogenated alkanes) is 1. The highest BCUT2D eigenvalue weighted by atomic mass is 14.1. The van der Waals surface area contributed by atoms with E-state index in [9.17, 15) is 0 Å². The molecule has 0 nitrogen and oxygen atoms in total. The fourth-order valence-electron chi connectivity index (χ4n) is 2.27. The van der Waals surface area contributed by atoms with Gasteiger partial charge in [0.2, 0.25) is 0 Å². The molecule has 0 radical (unpaired) electrons. The second-order valence-electron chi connectivity index (χ2n) is 7.96. The molecule has 0 aliphatic rings. The minimum Gasteiger partial charge on any atom is -0.100 e. The Morgan fingerprint density at radius 2 is 1.22 bits per heavy atom. The lowest BCUT2D eigenvalue weighted by atomic mass is 9.91. The van der Waals surface area contributed by atoms with Crippen LogP contribution in [0.4, 0.5) is 0 Å². The van der Waals surface area contributed by atoms with Gasteiger partial charge >= 0.3 is 0 Å². The van der Waals surface area contributed by atoms with E-state index in [0.717, 1.165) is 17.6 Å². The summed E-state index contributed by atoms with van der Waals surface area (Å²) in [5, 5.41) is 0. The molecule has 0 heteroatoms. The van der Waals surface area contributed by atoms with Crippen LogP contribution < -0.4 is 0 Å². The van der Waals surface area contributed by atoms with Crippen molar-refractivity contribution in [1.82, 2.24) is 0 Å². The van der Waals surface area contributed by atoms with Crippen molar-refractivity contribution in [3.63, 3.8) is 0 Å². The summed E-state index contributed by atoms with van der Waals surface area (Å²) >= 11 is 0. The van der Waals surface area contributed by atoms with Gasteiger partial charge in [-0.1, -0.05) is 108 Å². The van der Waals surface area contributed by atoms with E-state index in [1.54, 1.807) is 0 Å². The molecule has 1 aromatic carbocycles. The lowest BCUT2D eigenvalue weighted by Gasteiger charge is -2.14. The average Bonchev–Trinajstić information content (AvgIpc) is 2.74. The standard InChI is InChI=1S/C13H18.C8H12.C5H10.C4H10.C2H6/c1-8(2)13-10(4)7-9(3)11(5)12(13)6;1-4-5-6-7-8(2)3;1-4-5(2)3;1-3-4-2;1-2/h7H,1H2,2-6H3;4-7H,2H2,1,3H3;2,4H2,1,3H3;3-4H2,1-2H3;1-2H3/b;5-4-,7-6-;;;. The molecule has 0 bridgehead atoms. The van der Waals surface area contributed by atoms with Crippen LogP contribution >= 0.6 is 0 Å². The van der Waals surface area contributed by atoms with E-state index in [0.29, 0.717) is 0 Å². The molecule has 184 valence electrons. The molecule has 0 aliphatic carbocycles. The first-order valence-corrected chi connectivity index (χ1v) is 12.2. The number of rotatable bonds is 5. The monoisotopic (exact) mass is 440 g/mol. The molecule has 0 aromatic heterocycles. The predicted molar refractivity (Wildman–Crippen MR) is 156 cm³/mol. The summed E-state index contributed by atoms with van der Waals surface area (Å²) in [7, 11) is 0. The third kappa shape index (κ3) is 22.6. The van der Waals surface area contributed by atoms with E-state index < -0.39 is 0 Å². The molecule has 0 fully saturated rings. The molecule has 0 aliphatic heterocycles. The molecule has 0 saturated heterocycles. The molecule has 0 spiro atoms. The van der Waals surface area contributed by atoms with Gasteiger partial charge in [0, 0.05) is 0 Å². The van der Waals surface area contributed by atoms with Crippen LogP contribution in [-0.2, 0) is 0 Å². The summed E-state index contributed by atoms with van der Waals surface area (Å²) in [6.07, 6.45) is 11.7. The van der Waals surface area contributed by atoms with Crippen molar-refractivity contribution in [3.8, 4) is 0 Å². The fourth-order valence-corrected chi connectivity index (χ4v) is 2.27. The summed E-state index contributed by atoms with van der Waals surface area (Å²) in [4.78, 5) is 0. The maximum absolute atomic E-state index is 4.02. The Labute approximate surface area is 203 Å². The van der Waals surface area contributed by atoms with Gasteiger partial charge in [0.15, 0.2) is 0 Å². The van der Waals surface area contributed by atoms with E-state index in [2.05, 4.69) is 81.2 Å². The van der Waals surface area contributed by atoms with Gasteiger partial charge in [-0.25, -0.2) is 0 Å². The third-order valence-electron chi connectivity index (χ3n) is 4.57. The minimum atomic E-state index is 1.09. The van der Waals surface area contributed by atoms with Crippen molar-refractivity contribution in [2.24, 2.45) is 0 Å². The Bertz CT molecular complexity index is 691. The van der Waals surface area contributed by atoms with Crippen molar-refractivity contribution in [1.29, 1.82) is 0 Å². The van der Waals surface area contributed by atoms with Crippen molar-refractivity contribution in [2.45, 2.75) is 109 Å². The molecule has 0 saturated carbocycles. The molecule has 0 unspecified atom stereocenters. The highest BCUT2D eigenvalue weighted by molar-refractivity contribution is 5.69. The van der Waals surface area contributed by atoms with E-state index >= 15 is 0 Å². The maximum Gasteiger partial charge on any atom is -0.0172 e. The van der Waals surface area contributed by atoms with Gasteiger partial charge in [0.05, 0.1) is 0 Å². The van der Waals surface area contributed by atoms with E-state index in [1.807, 2.05) is 58.9 Å². The predicted octanol–water partition coefficient (Wildman–Crippen LogP) is 11.5. The summed E-state index contributed by atoms with van der Waals surface area (Å²) < 4.78 is 0. The lowest BCUT2D eigenvalue weighted by molar-refractivity contribution is 0.886. The van der Waals surface area contributed by atoms with E-state index in [4.69, 9.17) is 0 Å². The molecule has 1 aromatic rings. The molecular formula is C32H56. The van der Waals surface area contributed by atoms with Gasteiger partial charge in [-0.15, -0.1) is 6.58 Å². The SMILES string of the molecule is C=C(C)/C=C\C=C/C.C=C(C)CC.C=C(C)c1c(C)cc(C)c(C)c1C.CC.CCCC. The van der Waals surface area contributed by atoms with Crippen LogP contribution in [0.1, 0.15) is 109 Å². The van der Waals surface area contributed by atoms with Gasteiger partial charge in [-0.05, 0) is 89.6 Å². The summed E-state index contributed by atoms with van der Waals surface area (Å²) in [6, 6.07) is 2.24. The van der Waals surface area contributed by atoms with Crippen LogP contribution in [0.2, 0.25) is 0 Å². The zero-order valence-electron chi connectivity index (χ0n) is 24.1. The Hall–Kier alpha value is -2.08. The number of allylic oxidation sites excluding steroid dienone is 7. The fraction of sp³-hybridized carbons (Fsp3) is 0.500. The Morgan fingerprint density at radius 3 is 1.50 bits per heavy atom. The van der Waals surface area contributed by atoms with Crippen LogP contribution in [0.3, 0.4) is 0 Å². The zero-order chi connectivity index (χ0) is 26.3. The topological polar surface area (TPSA) is 0 Å². The summed E-state index contributed by atoms with van der Waals surface area (Å²) in [5.74, 6) is 0. The van der Waals surface area contributed by atoms with Crippen molar-refractivity contribution >= 4 is 5.57 Å². The second kappa shape index (κ2) is 25.2. The first-order valence-electron chi connectivity index (χ1n) is 12.2. The Balaban J connectivity index is -0.000000177. The molecular weight excluding hydrogens is 384 g/mol. The number of hydrogen-bond donors (Lipinski definition) is 0. The summed E-state index contributed by atoms with van der Waals surface area (Å²) in [6.45, 7) is 38.6. The van der Waals surface area contributed by atoms with Gasteiger partial charge in [0.25, 0.3) is 0 Å². The largest absolute Gasteiger partial charge is 0.100 e. The smallest absolute Gasteiger partial charge is 0.0172 e. The summed E-state index contributed by atoms with van der Waals surface area (Å²) in [5.41, 5.74) is 10.3. The van der Waals surface area contributed by atoms with Crippen LogP contribution in [0.25, 0.3) is 5.57 Å². The van der Waals surface area contributed by atoms with Gasteiger partial charge in [0.1, 0.15) is 0 Å². The van der Waals surface area contributed by atoms with Crippen LogP contribution in [-0.4, -0.2) is 0 Å². The Kier molecular flexibility index (Phi) is 29.3. The quantitative estimate of drug-likeness (QED) is 0.315. The number of aryl methyl sites for hydroxylation is 2. The van der Waals surface area contributed by atoms with E-state index in [1.165, 1.54) is 46.2 Å². The van der Waals surface area contributed by atoms with Gasteiger partial charge in [-0.3, -0.25) is 0 Å². The minimum absolute atomic E-state index is 1.09. The van der Waals surface area contributed by atoms with Gasteiger partial charge < -0.3 is 0 Å². The van der Waals surface area contributed by atoms with Crippen molar-refractivity contribution < 1.29 is 0 Å². The van der Waals surface area contributed by atoms with Crippen molar-refractivity contribution in [2.75, 3.05) is 0 Å². The average molecular weight is 441 g/mol. The third-order valence-corrected chi connectivity index (χ3v) is 4.57. The van der Waals surface area contributed by atoms with Crippen LogP contribution in [0.5, 0.6) is 0 Å². The van der Waals surface area contributed by atoms with Crippen LogP contribution in [0.15, 0.2) is 61.3 Å². The first kappa shape index (κ1) is 37.2.